The first-order valence-electron chi connectivity index (χ1n) is 5.71. The molecular formula is C14H8BrClF3NO. The Morgan fingerprint density at radius 1 is 1.14 bits per heavy atom. The summed E-state index contributed by atoms with van der Waals surface area (Å²) < 4.78 is 39.3. The Hall–Kier alpha value is -1.53. The summed E-state index contributed by atoms with van der Waals surface area (Å²) in [7, 11) is 0. The largest absolute Gasteiger partial charge is 0.418 e. The van der Waals surface area contributed by atoms with Gasteiger partial charge in [0.05, 0.1) is 16.8 Å². The summed E-state index contributed by atoms with van der Waals surface area (Å²) in [4.78, 5) is 12.1. The summed E-state index contributed by atoms with van der Waals surface area (Å²) in [6, 6.07) is 9.63. The molecule has 0 heterocycles. The summed E-state index contributed by atoms with van der Waals surface area (Å²) in [5.41, 5.74) is -1.09. The van der Waals surface area contributed by atoms with Crippen LogP contribution >= 0.6 is 27.5 Å². The van der Waals surface area contributed by atoms with Gasteiger partial charge in [-0.1, -0.05) is 23.7 Å². The maximum Gasteiger partial charge on any atom is 0.418 e. The molecule has 0 unspecified atom stereocenters. The molecule has 0 fully saturated rings. The molecule has 0 saturated heterocycles. The zero-order chi connectivity index (χ0) is 15.6. The summed E-state index contributed by atoms with van der Waals surface area (Å²) >= 11 is 8.76. The van der Waals surface area contributed by atoms with E-state index in [1.54, 1.807) is 18.2 Å². The molecule has 110 valence electrons. The SMILES string of the molecule is O=C(Nc1ccc(Cl)cc1C(F)(F)F)c1ccccc1Br. The number of hydrogen-bond acceptors (Lipinski definition) is 1. The Labute approximate surface area is 132 Å². The lowest BCUT2D eigenvalue weighted by molar-refractivity contribution is -0.136. The quantitative estimate of drug-likeness (QED) is 0.747. The van der Waals surface area contributed by atoms with Gasteiger partial charge in [-0.2, -0.15) is 13.2 Å². The third kappa shape index (κ3) is 3.77. The molecule has 7 heteroatoms. The third-order valence-corrected chi connectivity index (χ3v) is 3.58. The van der Waals surface area contributed by atoms with Gasteiger partial charge in [-0.05, 0) is 46.3 Å². The minimum atomic E-state index is -4.61. The second-order valence-electron chi connectivity index (χ2n) is 4.12. The van der Waals surface area contributed by atoms with Crippen molar-refractivity contribution in [3.63, 3.8) is 0 Å². The standard InChI is InChI=1S/C14H8BrClF3NO/c15-11-4-2-1-3-9(11)13(21)20-12-6-5-8(16)7-10(12)14(17,18)19/h1-7H,(H,20,21). The molecular weight excluding hydrogens is 371 g/mol. The van der Waals surface area contributed by atoms with Gasteiger partial charge in [0.1, 0.15) is 0 Å². The lowest BCUT2D eigenvalue weighted by atomic mass is 10.1. The van der Waals surface area contributed by atoms with Gasteiger partial charge in [0, 0.05) is 9.50 Å². The van der Waals surface area contributed by atoms with E-state index in [-0.39, 0.29) is 16.3 Å². The first-order chi connectivity index (χ1) is 9.79. The van der Waals surface area contributed by atoms with E-state index in [4.69, 9.17) is 11.6 Å². The first-order valence-corrected chi connectivity index (χ1v) is 6.89. The fourth-order valence-electron chi connectivity index (χ4n) is 1.70. The highest BCUT2D eigenvalue weighted by molar-refractivity contribution is 9.10. The van der Waals surface area contributed by atoms with Gasteiger partial charge in [-0.3, -0.25) is 4.79 Å². The maximum absolute atomic E-state index is 12.9. The Morgan fingerprint density at radius 2 is 1.81 bits per heavy atom. The second kappa shape index (κ2) is 6.07. The average Bonchev–Trinajstić information content (AvgIpc) is 2.40. The highest BCUT2D eigenvalue weighted by Crippen LogP contribution is 2.36. The molecule has 0 bridgehead atoms. The molecule has 0 aliphatic heterocycles. The number of amides is 1. The molecule has 2 nitrogen and oxygen atoms in total. The minimum absolute atomic E-state index is 0.0544. The fourth-order valence-corrected chi connectivity index (χ4v) is 2.33. The van der Waals surface area contributed by atoms with Gasteiger partial charge in [-0.25, -0.2) is 0 Å². The van der Waals surface area contributed by atoms with Gasteiger partial charge in [0.2, 0.25) is 0 Å². The number of carbonyl (C=O) groups is 1. The van der Waals surface area contributed by atoms with Crippen molar-refractivity contribution in [2.24, 2.45) is 0 Å². The monoisotopic (exact) mass is 377 g/mol. The highest BCUT2D eigenvalue weighted by Gasteiger charge is 2.34. The van der Waals surface area contributed by atoms with Gasteiger partial charge in [-0.15, -0.1) is 0 Å². The smallest absolute Gasteiger partial charge is 0.321 e. The van der Waals surface area contributed by atoms with Gasteiger partial charge >= 0.3 is 6.18 Å². The average molecular weight is 379 g/mol. The van der Waals surface area contributed by atoms with Crippen molar-refractivity contribution in [2.45, 2.75) is 6.18 Å². The zero-order valence-corrected chi connectivity index (χ0v) is 12.7. The first kappa shape index (κ1) is 15.9. The fraction of sp³-hybridized carbons (Fsp3) is 0.0714. The Balaban J connectivity index is 2.36. The molecule has 2 aromatic rings. The number of nitrogens with one attached hydrogen (secondary N) is 1. The number of halogens is 5. The molecule has 0 aliphatic rings. The van der Waals surface area contributed by atoms with Crippen LogP contribution in [0.15, 0.2) is 46.9 Å². The van der Waals surface area contributed by atoms with Crippen LogP contribution in [0.4, 0.5) is 18.9 Å². The molecule has 0 saturated carbocycles. The van der Waals surface area contributed by atoms with E-state index >= 15 is 0 Å². The van der Waals surface area contributed by atoms with Crippen molar-refractivity contribution in [3.05, 3.63) is 63.1 Å². The molecule has 2 rings (SSSR count). The van der Waals surface area contributed by atoms with E-state index in [9.17, 15) is 18.0 Å². The van der Waals surface area contributed by atoms with Gasteiger partial charge in [0.15, 0.2) is 0 Å². The van der Waals surface area contributed by atoms with Crippen molar-refractivity contribution in [3.8, 4) is 0 Å². The molecule has 0 atom stereocenters. The van der Waals surface area contributed by atoms with E-state index in [1.807, 2.05) is 0 Å². The number of carbonyl (C=O) groups excluding carboxylic acids is 1. The highest BCUT2D eigenvalue weighted by atomic mass is 79.9. The van der Waals surface area contributed by atoms with Crippen LogP contribution in [0.1, 0.15) is 15.9 Å². The van der Waals surface area contributed by atoms with Crippen molar-refractivity contribution in [1.82, 2.24) is 0 Å². The Morgan fingerprint density at radius 3 is 2.43 bits per heavy atom. The zero-order valence-electron chi connectivity index (χ0n) is 10.3. The van der Waals surface area contributed by atoms with Crippen LogP contribution in [-0.4, -0.2) is 5.91 Å². The second-order valence-corrected chi connectivity index (χ2v) is 5.41. The topological polar surface area (TPSA) is 29.1 Å². The van der Waals surface area contributed by atoms with Crippen LogP contribution in [-0.2, 0) is 6.18 Å². The molecule has 0 aliphatic carbocycles. The summed E-state index contributed by atoms with van der Waals surface area (Å²) in [6.07, 6.45) is -4.61. The van der Waals surface area contributed by atoms with Crippen molar-refractivity contribution in [1.29, 1.82) is 0 Å². The molecule has 1 amide bonds. The Bertz CT molecular complexity index is 688. The summed E-state index contributed by atoms with van der Waals surface area (Å²) in [5, 5.41) is 2.20. The van der Waals surface area contributed by atoms with Gasteiger partial charge < -0.3 is 5.32 Å². The number of hydrogen-bond donors (Lipinski definition) is 1. The lowest BCUT2D eigenvalue weighted by Crippen LogP contribution is -2.17. The van der Waals surface area contributed by atoms with Crippen LogP contribution in [0.5, 0.6) is 0 Å². The number of benzene rings is 2. The molecule has 21 heavy (non-hydrogen) atoms. The van der Waals surface area contributed by atoms with Crippen LogP contribution in [0.2, 0.25) is 5.02 Å². The van der Waals surface area contributed by atoms with Crippen LogP contribution < -0.4 is 5.32 Å². The predicted octanol–water partition coefficient (Wildman–Crippen LogP) is 5.37. The minimum Gasteiger partial charge on any atom is -0.321 e. The molecule has 0 spiro atoms. The van der Waals surface area contributed by atoms with Crippen LogP contribution in [0, 0.1) is 0 Å². The molecule has 1 N–H and O–H groups in total. The summed E-state index contributed by atoms with van der Waals surface area (Å²) in [5.74, 6) is -0.643. The van der Waals surface area contributed by atoms with Crippen molar-refractivity contribution in [2.75, 3.05) is 5.32 Å². The summed E-state index contributed by atoms with van der Waals surface area (Å²) in [6.45, 7) is 0. The number of alkyl halides is 3. The van der Waals surface area contributed by atoms with Crippen LogP contribution in [0.25, 0.3) is 0 Å². The maximum atomic E-state index is 12.9. The van der Waals surface area contributed by atoms with E-state index in [1.165, 1.54) is 12.1 Å². The van der Waals surface area contributed by atoms with E-state index in [0.29, 0.717) is 4.47 Å². The lowest BCUT2D eigenvalue weighted by Gasteiger charge is -2.14. The molecule has 0 aromatic heterocycles. The van der Waals surface area contributed by atoms with E-state index in [2.05, 4.69) is 21.2 Å². The molecule has 2 aromatic carbocycles. The molecule has 0 radical (unpaired) electrons. The normalized spacial score (nSPS) is 11.3. The van der Waals surface area contributed by atoms with Gasteiger partial charge in [0.25, 0.3) is 5.91 Å². The third-order valence-electron chi connectivity index (χ3n) is 2.65. The number of rotatable bonds is 2. The van der Waals surface area contributed by atoms with Crippen LogP contribution in [0.3, 0.4) is 0 Å². The van der Waals surface area contributed by atoms with E-state index in [0.717, 1.165) is 12.1 Å². The number of anilines is 1. The van der Waals surface area contributed by atoms with Crippen molar-refractivity contribution < 1.29 is 18.0 Å². The van der Waals surface area contributed by atoms with E-state index < -0.39 is 17.6 Å². The van der Waals surface area contributed by atoms with Crippen molar-refractivity contribution >= 4 is 39.1 Å². The Kier molecular flexibility index (Phi) is 4.58. The predicted molar refractivity (Wildman–Crippen MR) is 78.5 cm³/mol.